The van der Waals surface area contributed by atoms with Crippen molar-refractivity contribution in [1.29, 1.82) is 0 Å². The van der Waals surface area contributed by atoms with Crippen molar-refractivity contribution in [3.8, 4) is 0 Å². The summed E-state index contributed by atoms with van der Waals surface area (Å²) in [5.41, 5.74) is 2.86. The van der Waals surface area contributed by atoms with Crippen molar-refractivity contribution < 1.29 is 14.6 Å². The number of allylic oxidation sites excluding steroid dienone is 1. The van der Waals surface area contributed by atoms with E-state index in [0.717, 1.165) is 37.3 Å². The maximum absolute atomic E-state index is 13.1. The molecule has 4 aliphatic rings. The first-order valence-electron chi connectivity index (χ1n) is 9.41. The average Bonchev–Trinajstić information content (AvgIpc) is 3.24. The minimum absolute atomic E-state index is 0.0505. The number of esters is 1. The lowest BCUT2D eigenvalue weighted by Gasteiger charge is -2.56. The van der Waals surface area contributed by atoms with Crippen molar-refractivity contribution in [2.75, 3.05) is 26.8 Å². The van der Waals surface area contributed by atoms with Crippen LogP contribution in [0.4, 0.5) is 5.69 Å². The van der Waals surface area contributed by atoms with Crippen LogP contribution in [0.1, 0.15) is 25.3 Å². The molecule has 0 amide bonds. The van der Waals surface area contributed by atoms with Crippen molar-refractivity contribution in [1.82, 2.24) is 4.90 Å². The van der Waals surface area contributed by atoms with Crippen molar-refractivity contribution in [3.63, 3.8) is 0 Å². The third-order valence-corrected chi connectivity index (χ3v) is 7.32. The highest BCUT2D eigenvalue weighted by Gasteiger charge is 2.70. The Bertz CT molecular complexity index is 861. The van der Waals surface area contributed by atoms with Crippen molar-refractivity contribution in [2.45, 2.75) is 31.2 Å². The maximum atomic E-state index is 13.1. The molecule has 4 atom stereocenters. The van der Waals surface area contributed by atoms with Crippen LogP contribution in [0.25, 0.3) is 0 Å². The Labute approximate surface area is 153 Å². The Morgan fingerprint density at radius 1 is 1.46 bits per heavy atom. The number of aliphatic imine (C=N–C) groups is 1. The van der Waals surface area contributed by atoms with Gasteiger partial charge in [0.2, 0.25) is 0 Å². The second-order valence-electron chi connectivity index (χ2n) is 7.96. The van der Waals surface area contributed by atoms with E-state index in [4.69, 9.17) is 9.73 Å². The number of aliphatic hydroxyl groups is 1. The summed E-state index contributed by atoms with van der Waals surface area (Å²) >= 11 is 0. The Morgan fingerprint density at radius 2 is 2.27 bits per heavy atom. The van der Waals surface area contributed by atoms with Crippen LogP contribution in [-0.2, 0) is 14.9 Å². The van der Waals surface area contributed by atoms with Crippen LogP contribution in [0.3, 0.4) is 0 Å². The fourth-order valence-electron chi connectivity index (χ4n) is 6.24. The number of rotatable bonds is 2. The Morgan fingerprint density at radius 3 is 3.00 bits per heavy atom. The zero-order valence-electron chi connectivity index (χ0n) is 15.2. The van der Waals surface area contributed by atoms with E-state index in [-0.39, 0.29) is 23.9 Å². The third-order valence-electron chi connectivity index (χ3n) is 7.32. The number of fused-ring (bicyclic) bond motifs is 2. The van der Waals surface area contributed by atoms with Crippen molar-refractivity contribution in [2.24, 2.45) is 16.3 Å². The molecule has 1 aromatic rings. The van der Waals surface area contributed by atoms with Gasteiger partial charge in [0.15, 0.2) is 0 Å². The smallest absolute Gasteiger partial charge is 0.320 e. The van der Waals surface area contributed by atoms with Crippen molar-refractivity contribution >= 4 is 17.4 Å². The van der Waals surface area contributed by atoms with Crippen LogP contribution in [0.2, 0.25) is 0 Å². The average molecular weight is 352 g/mol. The van der Waals surface area contributed by atoms with E-state index < -0.39 is 5.41 Å². The number of benzene rings is 1. The summed E-state index contributed by atoms with van der Waals surface area (Å²) in [7, 11) is 1.42. The molecule has 1 aliphatic carbocycles. The number of methoxy groups -OCH3 is 1. The van der Waals surface area contributed by atoms with Gasteiger partial charge in [-0.25, -0.2) is 0 Å². The minimum Gasteiger partial charge on any atom is -0.468 e. The molecular formula is C21H24N2O3. The molecule has 0 radical (unpaired) electrons. The predicted octanol–water partition coefficient (Wildman–Crippen LogP) is 2.22. The first-order valence-corrected chi connectivity index (χ1v) is 9.41. The number of hydrogen-bond donors (Lipinski definition) is 1. The number of carbonyl (C=O) groups excluding carboxylic acids is 1. The highest BCUT2D eigenvalue weighted by atomic mass is 16.5. The Kier molecular flexibility index (Phi) is 3.29. The summed E-state index contributed by atoms with van der Waals surface area (Å²) in [4.78, 5) is 20.7. The van der Waals surface area contributed by atoms with Gasteiger partial charge < -0.3 is 9.84 Å². The van der Waals surface area contributed by atoms with Crippen LogP contribution >= 0.6 is 0 Å². The summed E-state index contributed by atoms with van der Waals surface area (Å²) < 4.78 is 5.26. The first-order chi connectivity index (χ1) is 12.6. The SMILES string of the molecule is C/C=C1/CN2CC[C@@]34C(=Nc5ccccc53)[C@@](CO)(C(=O)OC)[C@H]1C[C@H]24. The number of hydrogen-bond acceptors (Lipinski definition) is 5. The van der Waals surface area contributed by atoms with E-state index in [1.165, 1.54) is 18.2 Å². The summed E-state index contributed by atoms with van der Waals surface area (Å²) in [6.45, 7) is 3.62. The molecule has 3 fully saturated rings. The van der Waals surface area contributed by atoms with E-state index >= 15 is 0 Å². The topological polar surface area (TPSA) is 62.1 Å². The van der Waals surface area contributed by atoms with Gasteiger partial charge in [0.1, 0.15) is 5.41 Å². The molecule has 3 heterocycles. The normalized spacial score (nSPS) is 38.7. The van der Waals surface area contributed by atoms with Gasteiger partial charge in [-0.15, -0.1) is 0 Å². The number of para-hydroxylation sites is 1. The molecule has 3 aliphatic heterocycles. The van der Waals surface area contributed by atoms with E-state index in [2.05, 4.69) is 23.1 Å². The molecule has 5 nitrogen and oxygen atoms in total. The lowest BCUT2D eigenvalue weighted by molar-refractivity contribution is -0.155. The van der Waals surface area contributed by atoms with E-state index in [1.807, 2.05) is 19.1 Å². The van der Waals surface area contributed by atoms with Gasteiger partial charge in [0, 0.05) is 25.0 Å². The largest absolute Gasteiger partial charge is 0.468 e. The zero-order chi connectivity index (χ0) is 18.1. The highest BCUT2D eigenvalue weighted by Crippen LogP contribution is 2.63. The molecule has 1 saturated carbocycles. The van der Waals surface area contributed by atoms with Gasteiger partial charge in [0.25, 0.3) is 0 Å². The van der Waals surface area contributed by atoms with Crippen LogP contribution in [-0.4, -0.2) is 54.5 Å². The molecule has 136 valence electrons. The van der Waals surface area contributed by atoms with Gasteiger partial charge in [-0.05, 0) is 31.4 Å². The number of aliphatic hydroxyl groups excluding tert-OH is 1. The standard InChI is InChI=1S/C21H24N2O3/c1-3-13-11-23-9-8-20-14-6-4-5-7-16(14)22-18(20)21(12-24,19(25)26-2)15(13)10-17(20)23/h3-7,15,17,24H,8-12H2,1-2H3/b13-3-/t15-,17-,20+,21-/m0/s1. The number of piperidine rings is 1. The second kappa shape index (κ2) is 5.27. The lowest BCUT2D eigenvalue weighted by Crippen LogP contribution is -2.67. The molecular weight excluding hydrogens is 328 g/mol. The number of ether oxygens (including phenoxy) is 1. The summed E-state index contributed by atoms with van der Waals surface area (Å²) in [6.07, 6.45) is 3.92. The quantitative estimate of drug-likeness (QED) is 0.655. The van der Waals surface area contributed by atoms with Gasteiger partial charge in [-0.2, -0.15) is 0 Å². The number of nitrogens with zero attached hydrogens (tertiary/aromatic N) is 2. The van der Waals surface area contributed by atoms with E-state index in [9.17, 15) is 9.90 Å². The highest BCUT2D eigenvalue weighted by molar-refractivity contribution is 6.17. The molecule has 1 spiro atoms. The molecule has 0 unspecified atom stereocenters. The fraction of sp³-hybridized carbons (Fsp3) is 0.524. The van der Waals surface area contributed by atoms with Crippen LogP contribution in [0.5, 0.6) is 0 Å². The van der Waals surface area contributed by atoms with Crippen LogP contribution in [0, 0.1) is 11.3 Å². The fourth-order valence-corrected chi connectivity index (χ4v) is 6.24. The molecule has 1 aromatic carbocycles. The third kappa shape index (κ3) is 1.60. The predicted molar refractivity (Wildman–Crippen MR) is 98.6 cm³/mol. The van der Waals surface area contributed by atoms with Crippen LogP contribution in [0.15, 0.2) is 40.9 Å². The Hall–Kier alpha value is -1.98. The molecule has 0 aromatic heterocycles. The number of carbonyl (C=O) groups is 1. The van der Waals surface area contributed by atoms with Crippen molar-refractivity contribution in [3.05, 3.63) is 41.5 Å². The summed E-state index contributed by atoms with van der Waals surface area (Å²) in [5.74, 6) is -0.403. The first kappa shape index (κ1) is 16.2. The molecule has 1 N–H and O–H groups in total. The van der Waals surface area contributed by atoms with Gasteiger partial charge >= 0.3 is 5.97 Å². The molecule has 5 heteroatoms. The second-order valence-corrected chi connectivity index (χ2v) is 7.96. The molecule has 5 rings (SSSR count). The monoisotopic (exact) mass is 352 g/mol. The van der Waals surface area contributed by atoms with E-state index in [0.29, 0.717) is 6.04 Å². The summed E-state index contributed by atoms with van der Waals surface area (Å²) in [6, 6.07) is 8.56. The molecule has 2 bridgehead atoms. The van der Waals surface area contributed by atoms with Gasteiger partial charge in [0.05, 0.1) is 30.5 Å². The van der Waals surface area contributed by atoms with Gasteiger partial charge in [-0.1, -0.05) is 29.8 Å². The van der Waals surface area contributed by atoms with Crippen LogP contribution < -0.4 is 0 Å². The van der Waals surface area contributed by atoms with Gasteiger partial charge in [-0.3, -0.25) is 14.7 Å². The lowest BCUT2D eigenvalue weighted by atomic mass is 9.50. The summed E-state index contributed by atoms with van der Waals surface area (Å²) in [5, 5.41) is 10.6. The Balaban J connectivity index is 1.83. The molecule has 26 heavy (non-hydrogen) atoms. The minimum atomic E-state index is -1.08. The molecule has 2 saturated heterocycles. The van der Waals surface area contributed by atoms with E-state index in [1.54, 1.807) is 0 Å². The maximum Gasteiger partial charge on any atom is 0.320 e. The zero-order valence-corrected chi connectivity index (χ0v) is 15.2.